The number of carbonyl (C=O) groups excluding carboxylic acids is 1. The van der Waals surface area contributed by atoms with E-state index >= 15 is 0 Å². The van der Waals surface area contributed by atoms with Gasteiger partial charge in [0.1, 0.15) is 24.7 Å². The molecular formula is C29H29N5O2. The summed E-state index contributed by atoms with van der Waals surface area (Å²) < 4.78 is 7.88. The fourth-order valence-electron chi connectivity index (χ4n) is 4.54. The number of ether oxygens (including phenoxy) is 1. The lowest BCUT2D eigenvalue weighted by Gasteiger charge is -2.29. The highest BCUT2D eigenvalue weighted by Crippen LogP contribution is 2.36. The fourth-order valence-corrected chi connectivity index (χ4v) is 4.54. The Morgan fingerprint density at radius 1 is 1.00 bits per heavy atom. The second-order valence-corrected chi connectivity index (χ2v) is 9.15. The Kier molecular flexibility index (Phi) is 6.29. The Labute approximate surface area is 210 Å². The van der Waals surface area contributed by atoms with Gasteiger partial charge in [-0.15, -0.1) is 0 Å². The van der Waals surface area contributed by atoms with Crippen LogP contribution in [0.15, 0.2) is 84.3 Å². The van der Waals surface area contributed by atoms with Gasteiger partial charge in [0.25, 0.3) is 5.91 Å². The van der Waals surface area contributed by atoms with Crippen molar-refractivity contribution in [1.29, 1.82) is 0 Å². The zero-order valence-electron chi connectivity index (χ0n) is 20.9. The largest absolute Gasteiger partial charge is 0.489 e. The summed E-state index contributed by atoms with van der Waals surface area (Å²) in [6, 6.07) is 21.5. The van der Waals surface area contributed by atoms with Crippen LogP contribution in [0.3, 0.4) is 0 Å². The van der Waals surface area contributed by atoms with Crippen LogP contribution >= 0.6 is 0 Å². The average Bonchev–Trinajstić information content (AvgIpc) is 3.32. The third kappa shape index (κ3) is 4.60. The minimum absolute atomic E-state index is 0.190. The van der Waals surface area contributed by atoms with Crippen LogP contribution < -0.4 is 15.4 Å². The van der Waals surface area contributed by atoms with Gasteiger partial charge in [-0.05, 0) is 68.1 Å². The number of rotatable bonds is 6. The molecule has 0 saturated heterocycles. The Morgan fingerprint density at radius 2 is 1.83 bits per heavy atom. The number of hydrogen-bond acceptors (Lipinski definition) is 5. The van der Waals surface area contributed by atoms with Gasteiger partial charge in [0.15, 0.2) is 0 Å². The smallest absolute Gasteiger partial charge is 0.255 e. The van der Waals surface area contributed by atoms with E-state index in [4.69, 9.17) is 4.74 Å². The first-order valence-corrected chi connectivity index (χ1v) is 11.9. The molecule has 0 saturated carbocycles. The number of aryl methyl sites for hydroxylation is 3. The highest BCUT2D eigenvalue weighted by molar-refractivity contribution is 6.06. The topological polar surface area (TPSA) is 81.1 Å². The van der Waals surface area contributed by atoms with Crippen LogP contribution in [-0.2, 0) is 11.4 Å². The summed E-state index contributed by atoms with van der Waals surface area (Å²) >= 11 is 0. The fraction of sp³-hybridized carbons (Fsp3) is 0.207. The van der Waals surface area contributed by atoms with Gasteiger partial charge in [-0.2, -0.15) is 10.1 Å². The van der Waals surface area contributed by atoms with Crippen molar-refractivity contribution in [3.05, 3.63) is 112 Å². The molecule has 0 radical (unpaired) electrons. The number of benzene rings is 3. The second kappa shape index (κ2) is 9.70. The van der Waals surface area contributed by atoms with E-state index in [0.29, 0.717) is 18.1 Å². The first kappa shape index (κ1) is 23.4. The number of allylic oxidation sites excluding steroid dienone is 1. The lowest BCUT2D eigenvalue weighted by molar-refractivity contribution is -0.113. The van der Waals surface area contributed by atoms with Gasteiger partial charge in [0.2, 0.25) is 5.95 Å². The molecule has 2 N–H and O–H groups in total. The molecule has 1 amide bonds. The molecule has 7 heteroatoms. The van der Waals surface area contributed by atoms with Crippen molar-refractivity contribution in [2.45, 2.75) is 40.3 Å². The van der Waals surface area contributed by atoms with Gasteiger partial charge in [0, 0.05) is 11.4 Å². The maximum Gasteiger partial charge on any atom is 0.255 e. The van der Waals surface area contributed by atoms with Crippen molar-refractivity contribution >= 4 is 17.5 Å². The molecule has 1 unspecified atom stereocenters. The number of nitrogens with one attached hydrogen (secondary N) is 2. The summed E-state index contributed by atoms with van der Waals surface area (Å²) in [5.41, 5.74) is 7.44. The van der Waals surface area contributed by atoms with Crippen LogP contribution in [0.1, 0.15) is 40.8 Å². The maximum atomic E-state index is 13.7. The molecule has 36 heavy (non-hydrogen) atoms. The van der Waals surface area contributed by atoms with Crippen molar-refractivity contribution in [2.75, 3.05) is 10.6 Å². The molecule has 1 aliphatic rings. The Balaban J connectivity index is 1.47. The van der Waals surface area contributed by atoms with Crippen molar-refractivity contribution in [1.82, 2.24) is 14.8 Å². The molecule has 3 aromatic carbocycles. The molecule has 182 valence electrons. The zero-order valence-corrected chi connectivity index (χ0v) is 20.9. The highest BCUT2D eigenvalue weighted by atomic mass is 16.5. The monoisotopic (exact) mass is 479 g/mol. The molecule has 5 rings (SSSR count). The molecule has 4 aromatic rings. The minimum atomic E-state index is -0.462. The Bertz CT molecular complexity index is 1470. The lowest BCUT2D eigenvalue weighted by atomic mass is 9.94. The third-order valence-corrected chi connectivity index (χ3v) is 6.50. The van der Waals surface area contributed by atoms with E-state index < -0.39 is 6.04 Å². The first-order valence-electron chi connectivity index (χ1n) is 11.9. The minimum Gasteiger partial charge on any atom is -0.489 e. The Morgan fingerprint density at radius 3 is 2.64 bits per heavy atom. The molecule has 1 aliphatic heterocycles. The quantitative estimate of drug-likeness (QED) is 0.370. The van der Waals surface area contributed by atoms with Crippen molar-refractivity contribution in [2.24, 2.45) is 0 Å². The van der Waals surface area contributed by atoms with Crippen LogP contribution in [0.2, 0.25) is 0 Å². The number of hydrogen-bond donors (Lipinski definition) is 2. The molecule has 2 heterocycles. The van der Waals surface area contributed by atoms with Gasteiger partial charge in [0.05, 0.1) is 5.57 Å². The number of aromatic nitrogens is 3. The summed E-state index contributed by atoms with van der Waals surface area (Å²) in [6.45, 7) is 8.45. The van der Waals surface area contributed by atoms with E-state index in [0.717, 1.165) is 39.4 Å². The number of amides is 1. The Hall–Kier alpha value is -4.39. The van der Waals surface area contributed by atoms with E-state index in [1.54, 1.807) is 4.68 Å². The summed E-state index contributed by atoms with van der Waals surface area (Å²) in [6.07, 6.45) is 1.49. The summed E-state index contributed by atoms with van der Waals surface area (Å²) in [5.74, 6) is 1.12. The molecule has 0 spiro atoms. The third-order valence-electron chi connectivity index (χ3n) is 6.50. The van der Waals surface area contributed by atoms with E-state index in [1.807, 2.05) is 69.3 Å². The summed E-state index contributed by atoms with van der Waals surface area (Å²) in [4.78, 5) is 18.0. The number of nitrogens with zero attached hydrogens (tertiary/aromatic N) is 3. The summed E-state index contributed by atoms with van der Waals surface area (Å²) in [7, 11) is 0. The SMILES string of the molecule is CC1=C(C(=O)Nc2ccc(C)cc2C)C(c2cccc(OCc3ccccc3C)c2)n2ncnc2N1. The van der Waals surface area contributed by atoms with E-state index in [2.05, 4.69) is 45.8 Å². The average molecular weight is 480 g/mol. The standard InChI is InChI=1S/C29H29N5O2/c1-18-12-13-25(20(3)14-18)33-28(35)26-21(4)32-29-30-17-31-34(29)27(26)22-10-7-11-24(15-22)36-16-23-9-6-5-8-19(23)2/h5-15,17,27H,16H2,1-4H3,(H,33,35)(H,30,31,32). The van der Waals surface area contributed by atoms with Crippen molar-refractivity contribution < 1.29 is 9.53 Å². The number of anilines is 2. The normalized spacial score (nSPS) is 14.7. The number of carbonyl (C=O) groups is 1. The summed E-state index contributed by atoms with van der Waals surface area (Å²) in [5, 5.41) is 10.8. The predicted molar refractivity (Wildman–Crippen MR) is 141 cm³/mol. The van der Waals surface area contributed by atoms with Crippen LogP contribution in [0, 0.1) is 20.8 Å². The molecule has 1 atom stereocenters. The second-order valence-electron chi connectivity index (χ2n) is 9.15. The highest BCUT2D eigenvalue weighted by Gasteiger charge is 2.33. The zero-order chi connectivity index (χ0) is 25.2. The molecular weight excluding hydrogens is 450 g/mol. The van der Waals surface area contributed by atoms with Gasteiger partial charge in [-0.25, -0.2) is 4.68 Å². The molecule has 1 aromatic heterocycles. The lowest BCUT2D eigenvalue weighted by Crippen LogP contribution is -2.31. The van der Waals surface area contributed by atoms with Crippen molar-refractivity contribution in [3.63, 3.8) is 0 Å². The molecule has 0 bridgehead atoms. The number of fused-ring (bicyclic) bond motifs is 1. The van der Waals surface area contributed by atoms with E-state index in [-0.39, 0.29) is 5.91 Å². The van der Waals surface area contributed by atoms with Crippen LogP contribution in [0.5, 0.6) is 5.75 Å². The van der Waals surface area contributed by atoms with Crippen LogP contribution in [-0.4, -0.2) is 20.7 Å². The van der Waals surface area contributed by atoms with Gasteiger partial charge in [-0.1, -0.05) is 54.1 Å². The van der Waals surface area contributed by atoms with Crippen LogP contribution in [0.4, 0.5) is 11.6 Å². The van der Waals surface area contributed by atoms with E-state index in [1.165, 1.54) is 11.9 Å². The van der Waals surface area contributed by atoms with Crippen LogP contribution in [0.25, 0.3) is 0 Å². The maximum absolute atomic E-state index is 13.7. The van der Waals surface area contributed by atoms with E-state index in [9.17, 15) is 4.79 Å². The molecule has 0 aliphatic carbocycles. The van der Waals surface area contributed by atoms with Gasteiger partial charge >= 0.3 is 0 Å². The molecule has 7 nitrogen and oxygen atoms in total. The predicted octanol–water partition coefficient (Wildman–Crippen LogP) is 5.71. The van der Waals surface area contributed by atoms with Gasteiger partial charge < -0.3 is 15.4 Å². The van der Waals surface area contributed by atoms with Gasteiger partial charge in [-0.3, -0.25) is 4.79 Å². The first-order chi connectivity index (χ1) is 17.4. The molecule has 0 fully saturated rings. The van der Waals surface area contributed by atoms with Crippen molar-refractivity contribution in [3.8, 4) is 5.75 Å².